The SMILES string of the molecule is CNC(c1cc(C)cc(C)c1)c1ccc(C)c(Br)c1. The molecule has 0 aliphatic heterocycles. The third kappa shape index (κ3) is 3.26. The zero-order valence-electron chi connectivity index (χ0n) is 11.9. The fourth-order valence-electron chi connectivity index (χ4n) is 2.49. The van der Waals surface area contributed by atoms with Gasteiger partial charge in [0, 0.05) is 4.47 Å². The summed E-state index contributed by atoms with van der Waals surface area (Å²) in [5, 5.41) is 3.41. The first kappa shape index (κ1) is 14.3. The van der Waals surface area contributed by atoms with Gasteiger partial charge in [0.1, 0.15) is 0 Å². The maximum Gasteiger partial charge on any atom is 0.0574 e. The molecule has 0 aromatic heterocycles. The van der Waals surface area contributed by atoms with Crippen LogP contribution in [0.25, 0.3) is 0 Å². The summed E-state index contributed by atoms with van der Waals surface area (Å²) in [6.45, 7) is 6.40. The summed E-state index contributed by atoms with van der Waals surface area (Å²) in [6, 6.07) is 13.5. The van der Waals surface area contributed by atoms with E-state index < -0.39 is 0 Å². The van der Waals surface area contributed by atoms with Crippen molar-refractivity contribution in [3.63, 3.8) is 0 Å². The van der Waals surface area contributed by atoms with Crippen molar-refractivity contribution in [3.8, 4) is 0 Å². The molecule has 1 unspecified atom stereocenters. The van der Waals surface area contributed by atoms with E-state index in [1.165, 1.54) is 27.8 Å². The number of hydrogen-bond donors (Lipinski definition) is 1. The largest absolute Gasteiger partial charge is 0.309 e. The minimum atomic E-state index is 0.232. The van der Waals surface area contributed by atoms with E-state index in [1.807, 2.05) is 7.05 Å². The molecule has 0 radical (unpaired) electrons. The van der Waals surface area contributed by atoms with Crippen molar-refractivity contribution in [2.75, 3.05) is 7.05 Å². The minimum Gasteiger partial charge on any atom is -0.309 e. The Morgan fingerprint density at radius 3 is 2.05 bits per heavy atom. The molecule has 0 amide bonds. The van der Waals surface area contributed by atoms with Gasteiger partial charge in [-0.25, -0.2) is 0 Å². The molecule has 2 rings (SSSR count). The molecule has 2 aromatic rings. The molecule has 1 nitrogen and oxygen atoms in total. The topological polar surface area (TPSA) is 12.0 Å². The molecule has 1 N–H and O–H groups in total. The molecule has 0 fully saturated rings. The lowest BCUT2D eigenvalue weighted by molar-refractivity contribution is 0.690. The summed E-state index contributed by atoms with van der Waals surface area (Å²) < 4.78 is 1.16. The monoisotopic (exact) mass is 317 g/mol. The van der Waals surface area contributed by atoms with Crippen LogP contribution in [0.2, 0.25) is 0 Å². The van der Waals surface area contributed by atoms with E-state index in [2.05, 4.69) is 78.4 Å². The van der Waals surface area contributed by atoms with Crippen LogP contribution in [0.1, 0.15) is 33.9 Å². The Labute approximate surface area is 124 Å². The van der Waals surface area contributed by atoms with Crippen LogP contribution in [0.5, 0.6) is 0 Å². The number of aryl methyl sites for hydroxylation is 3. The summed E-state index contributed by atoms with van der Waals surface area (Å²) >= 11 is 3.62. The second kappa shape index (κ2) is 5.89. The maximum absolute atomic E-state index is 3.62. The quantitative estimate of drug-likeness (QED) is 0.866. The van der Waals surface area contributed by atoms with Crippen LogP contribution < -0.4 is 5.32 Å². The fourth-order valence-corrected chi connectivity index (χ4v) is 2.89. The van der Waals surface area contributed by atoms with Crippen LogP contribution >= 0.6 is 15.9 Å². The molecule has 0 spiro atoms. The van der Waals surface area contributed by atoms with E-state index in [0.717, 1.165) is 4.47 Å². The second-order valence-corrected chi connectivity index (χ2v) is 6.01. The lowest BCUT2D eigenvalue weighted by Gasteiger charge is -2.19. The van der Waals surface area contributed by atoms with Gasteiger partial charge in [0.05, 0.1) is 6.04 Å². The molecule has 0 saturated heterocycles. The van der Waals surface area contributed by atoms with E-state index >= 15 is 0 Å². The predicted octanol–water partition coefficient (Wildman–Crippen LogP) is 4.68. The van der Waals surface area contributed by atoms with Crippen molar-refractivity contribution in [1.82, 2.24) is 5.32 Å². The van der Waals surface area contributed by atoms with Crippen LogP contribution in [-0.4, -0.2) is 7.05 Å². The molecule has 0 saturated carbocycles. The summed E-state index contributed by atoms with van der Waals surface area (Å²) in [5.74, 6) is 0. The average molecular weight is 318 g/mol. The normalized spacial score (nSPS) is 12.5. The third-order valence-corrected chi connectivity index (χ3v) is 4.25. The zero-order chi connectivity index (χ0) is 14.0. The van der Waals surface area contributed by atoms with Gasteiger partial charge < -0.3 is 5.32 Å². The first-order valence-corrected chi connectivity index (χ1v) is 7.32. The lowest BCUT2D eigenvalue weighted by atomic mass is 9.95. The highest BCUT2D eigenvalue weighted by atomic mass is 79.9. The number of nitrogens with one attached hydrogen (secondary N) is 1. The molecule has 0 aliphatic rings. The summed E-state index contributed by atoms with van der Waals surface area (Å²) in [7, 11) is 2.01. The summed E-state index contributed by atoms with van der Waals surface area (Å²) in [6.07, 6.45) is 0. The molecule has 0 heterocycles. The highest BCUT2D eigenvalue weighted by molar-refractivity contribution is 9.10. The Balaban J connectivity index is 2.46. The second-order valence-electron chi connectivity index (χ2n) is 5.15. The van der Waals surface area contributed by atoms with Gasteiger partial charge in [-0.05, 0) is 50.6 Å². The van der Waals surface area contributed by atoms with Gasteiger partial charge in [-0.15, -0.1) is 0 Å². The van der Waals surface area contributed by atoms with E-state index in [4.69, 9.17) is 0 Å². The fraction of sp³-hybridized carbons (Fsp3) is 0.294. The van der Waals surface area contributed by atoms with Crippen molar-refractivity contribution in [3.05, 3.63) is 68.7 Å². The van der Waals surface area contributed by atoms with E-state index in [1.54, 1.807) is 0 Å². The number of hydrogen-bond acceptors (Lipinski definition) is 1. The van der Waals surface area contributed by atoms with Gasteiger partial charge in [0.2, 0.25) is 0 Å². The Bertz CT molecular complexity index is 570. The highest BCUT2D eigenvalue weighted by Gasteiger charge is 2.13. The van der Waals surface area contributed by atoms with E-state index in [0.29, 0.717) is 0 Å². The predicted molar refractivity (Wildman–Crippen MR) is 85.7 cm³/mol. The van der Waals surface area contributed by atoms with Crippen LogP contribution in [0.3, 0.4) is 0 Å². The van der Waals surface area contributed by atoms with Crippen LogP contribution in [0, 0.1) is 20.8 Å². The Morgan fingerprint density at radius 2 is 1.53 bits per heavy atom. The van der Waals surface area contributed by atoms with Crippen LogP contribution in [0.15, 0.2) is 40.9 Å². The molecule has 1 atom stereocenters. The Hall–Kier alpha value is -1.12. The maximum atomic E-state index is 3.62. The van der Waals surface area contributed by atoms with Crippen molar-refractivity contribution in [2.24, 2.45) is 0 Å². The third-order valence-electron chi connectivity index (χ3n) is 3.40. The van der Waals surface area contributed by atoms with Crippen molar-refractivity contribution >= 4 is 15.9 Å². The molecule has 100 valence electrons. The van der Waals surface area contributed by atoms with Gasteiger partial charge in [0.15, 0.2) is 0 Å². The number of rotatable bonds is 3. The van der Waals surface area contributed by atoms with Crippen LogP contribution in [0.4, 0.5) is 0 Å². The van der Waals surface area contributed by atoms with Gasteiger partial charge in [0.25, 0.3) is 0 Å². The van der Waals surface area contributed by atoms with E-state index in [9.17, 15) is 0 Å². The smallest absolute Gasteiger partial charge is 0.0574 e. The van der Waals surface area contributed by atoms with Gasteiger partial charge in [-0.3, -0.25) is 0 Å². The van der Waals surface area contributed by atoms with Crippen molar-refractivity contribution < 1.29 is 0 Å². The first-order chi connectivity index (χ1) is 9.01. The standard InChI is InChI=1S/C17H20BrN/c1-11-7-12(2)9-15(8-11)17(19-4)14-6-5-13(3)16(18)10-14/h5-10,17,19H,1-4H3. The molecular formula is C17H20BrN. The Kier molecular flexibility index (Phi) is 4.43. The lowest BCUT2D eigenvalue weighted by Crippen LogP contribution is -2.18. The van der Waals surface area contributed by atoms with Gasteiger partial charge in [-0.2, -0.15) is 0 Å². The van der Waals surface area contributed by atoms with Gasteiger partial charge in [-0.1, -0.05) is 57.4 Å². The average Bonchev–Trinajstić information content (AvgIpc) is 2.33. The molecule has 2 aromatic carbocycles. The molecule has 0 bridgehead atoms. The van der Waals surface area contributed by atoms with E-state index in [-0.39, 0.29) is 6.04 Å². The molecular weight excluding hydrogens is 298 g/mol. The Morgan fingerprint density at radius 1 is 0.895 bits per heavy atom. The zero-order valence-corrected chi connectivity index (χ0v) is 13.5. The first-order valence-electron chi connectivity index (χ1n) is 6.53. The van der Waals surface area contributed by atoms with Crippen molar-refractivity contribution in [1.29, 1.82) is 0 Å². The van der Waals surface area contributed by atoms with Crippen molar-refractivity contribution in [2.45, 2.75) is 26.8 Å². The molecule has 0 aliphatic carbocycles. The minimum absolute atomic E-state index is 0.232. The molecule has 2 heteroatoms. The highest BCUT2D eigenvalue weighted by Crippen LogP contribution is 2.27. The summed E-state index contributed by atoms with van der Waals surface area (Å²) in [5.41, 5.74) is 6.47. The van der Waals surface area contributed by atoms with Gasteiger partial charge >= 0.3 is 0 Å². The van der Waals surface area contributed by atoms with Crippen LogP contribution in [-0.2, 0) is 0 Å². The molecule has 19 heavy (non-hydrogen) atoms. The number of halogens is 1. The summed E-state index contributed by atoms with van der Waals surface area (Å²) in [4.78, 5) is 0. The number of benzene rings is 2.